The maximum atomic E-state index is 12.7. The van der Waals surface area contributed by atoms with Crippen LogP contribution in [0.4, 0.5) is 0 Å². The average molecular weight is 326 g/mol. The highest BCUT2D eigenvalue weighted by Gasteiger charge is 2.22. The lowest BCUT2D eigenvalue weighted by atomic mass is 10.2. The number of carbonyl (C=O) groups excluding carboxylic acids is 2. The highest BCUT2D eigenvalue weighted by atomic mass is 32.1. The first kappa shape index (κ1) is 15.2. The minimum absolute atomic E-state index is 0.129. The van der Waals surface area contributed by atoms with Crippen LogP contribution in [0.25, 0.3) is 10.6 Å². The number of aromatic nitrogens is 2. The molecule has 3 rings (SSSR count). The zero-order chi connectivity index (χ0) is 16.2. The summed E-state index contributed by atoms with van der Waals surface area (Å²) in [5.41, 5.74) is 1.16. The highest BCUT2D eigenvalue weighted by molar-refractivity contribution is 7.13. The van der Waals surface area contributed by atoms with E-state index in [1.54, 1.807) is 37.3 Å². The highest BCUT2D eigenvalue weighted by Crippen LogP contribution is 2.25. The van der Waals surface area contributed by atoms with E-state index in [0.717, 1.165) is 9.56 Å². The second-order valence-corrected chi connectivity index (χ2v) is 5.64. The van der Waals surface area contributed by atoms with E-state index in [1.807, 2.05) is 23.6 Å². The van der Waals surface area contributed by atoms with Gasteiger partial charge in [-0.15, -0.1) is 11.3 Å². The minimum atomic E-state index is -0.563. The molecule has 0 unspecified atom stereocenters. The van der Waals surface area contributed by atoms with E-state index in [2.05, 4.69) is 5.10 Å². The fourth-order valence-electron chi connectivity index (χ4n) is 2.13. The van der Waals surface area contributed by atoms with Crippen LogP contribution in [0, 0.1) is 0 Å². The Morgan fingerprint density at radius 2 is 1.96 bits per heavy atom. The summed E-state index contributed by atoms with van der Waals surface area (Å²) in [7, 11) is 0. The van der Waals surface area contributed by atoms with Crippen molar-refractivity contribution >= 4 is 23.2 Å². The van der Waals surface area contributed by atoms with Gasteiger partial charge in [0.25, 0.3) is 5.91 Å². The second-order valence-electron chi connectivity index (χ2n) is 4.70. The van der Waals surface area contributed by atoms with Crippen LogP contribution in [-0.2, 0) is 4.74 Å². The van der Waals surface area contributed by atoms with Crippen molar-refractivity contribution in [2.45, 2.75) is 6.92 Å². The number of rotatable bonds is 4. The number of nitrogens with zero attached hydrogens (tertiary/aromatic N) is 2. The summed E-state index contributed by atoms with van der Waals surface area (Å²) < 4.78 is 6.15. The molecule has 0 saturated carbocycles. The SMILES string of the molecule is CCOC(=O)c1cc(-c2cccs2)nn1C(=O)c1ccccc1. The van der Waals surface area contributed by atoms with Gasteiger partial charge in [-0.3, -0.25) is 4.79 Å². The third-order valence-corrected chi connectivity index (χ3v) is 4.07. The largest absolute Gasteiger partial charge is 0.461 e. The summed E-state index contributed by atoms with van der Waals surface area (Å²) >= 11 is 1.49. The molecule has 2 aromatic heterocycles. The number of thiophene rings is 1. The predicted molar refractivity (Wildman–Crippen MR) is 87.7 cm³/mol. The molecular weight excluding hydrogens is 312 g/mol. The molecule has 0 spiro atoms. The van der Waals surface area contributed by atoms with Crippen LogP contribution in [0.1, 0.15) is 27.8 Å². The van der Waals surface area contributed by atoms with Gasteiger partial charge in [0.05, 0.1) is 11.5 Å². The van der Waals surface area contributed by atoms with Gasteiger partial charge in [-0.25, -0.2) is 4.79 Å². The molecule has 0 radical (unpaired) electrons. The summed E-state index contributed by atoms with van der Waals surface area (Å²) in [5.74, 6) is -0.927. The molecule has 0 fully saturated rings. The van der Waals surface area contributed by atoms with E-state index in [1.165, 1.54) is 11.3 Å². The van der Waals surface area contributed by atoms with Gasteiger partial charge in [-0.2, -0.15) is 9.78 Å². The van der Waals surface area contributed by atoms with Crippen LogP contribution < -0.4 is 0 Å². The third-order valence-electron chi connectivity index (χ3n) is 3.18. The number of hydrogen-bond donors (Lipinski definition) is 0. The summed E-state index contributed by atoms with van der Waals surface area (Å²) in [4.78, 5) is 25.7. The number of carbonyl (C=O) groups is 2. The Bertz CT molecular complexity index is 823. The van der Waals surface area contributed by atoms with Crippen LogP contribution in [0.5, 0.6) is 0 Å². The molecule has 1 aromatic carbocycles. The lowest BCUT2D eigenvalue weighted by Crippen LogP contribution is -2.20. The van der Waals surface area contributed by atoms with Gasteiger partial charge in [-0.05, 0) is 30.5 Å². The molecule has 2 heterocycles. The van der Waals surface area contributed by atoms with E-state index in [-0.39, 0.29) is 18.2 Å². The lowest BCUT2D eigenvalue weighted by molar-refractivity contribution is 0.0507. The van der Waals surface area contributed by atoms with Gasteiger partial charge >= 0.3 is 5.97 Å². The Hall–Kier alpha value is -2.73. The van der Waals surface area contributed by atoms with Gasteiger partial charge in [0.15, 0.2) is 5.69 Å². The summed E-state index contributed by atoms with van der Waals surface area (Å²) in [5, 5.41) is 6.22. The molecule has 0 bridgehead atoms. The third kappa shape index (κ3) is 3.07. The summed E-state index contributed by atoms with van der Waals surface area (Å²) in [6.07, 6.45) is 0. The number of benzene rings is 1. The van der Waals surface area contributed by atoms with Crippen molar-refractivity contribution in [1.82, 2.24) is 9.78 Å². The quantitative estimate of drug-likeness (QED) is 0.689. The number of esters is 1. The fraction of sp³-hybridized carbons (Fsp3) is 0.118. The van der Waals surface area contributed by atoms with Gasteiger partial charge in [-0.1, -0.05) is 24.3 Å². The Morgan fingerprint density at radius 3 is 2.61 bits per heavy atom. The first-order chi connectivity index (χ1) is 11.2. The first-order valence-electron chi connectivity index (χ1n) is 7.11. The molecule has 0 amide bonds. The normalized spacial score (nSPS) is 10.5. The van der Waals surface area contributed by atoms with Gasteiger partial charge in [0.1, 0.15) is 5.69 Å². The zero-order valence-electron chi connectivity index (χ0n) is 12.4. The van der Waals surface area contributed by atoms with E-state index < -0.39 is 5.97 Å². The fourth-order valence-corrected chi connectivity index (χ4v) is 2.82. The van der Waals surface area contributed by atoms with E-state index in [0.29, 0.717) is 11.3 Å². The molecule has 23 heavy (non-hydrogen) atoms. The smallest absolute Gasteiger partial charge is 0.357 e. The summed E-state index contributed by atoms with van der Waals surface area (Å²) in [6, 6.07) is 14.1. The summed E-state index contributed by atoms with van der Waals surface area (Å²) in [6.45, 7) is 1.95. The number of hydrogen-bond acceptors (Lipinski definition) is 5. The Labute approximate surface area is 137 Å². The van der Waals surface area contributed by atoms with Crippen molar-refractivity contribution in [2.75, 3.05) is 6.61 Å². The molecule has 0 saturated heterocycles. The Kier molecular flexibility index (Phi) is 4.34. The van der Waals surface area contributed by atoms with Gasteiger partial charge in [0.2, 0.25) is 0 Å². The van der Waals surface area contributed by atoms with E-state index in [9.17, 15) is 9.59 Å². The van der Waals surface area contributed by atoms with Crippen molar-refractivity contribution in [2.24, 2.45) is 0 Å². The first-order valence-corrected chi connectivity index (χ1v) is 7.99. The van der Waals surface area contributed by atoms with E-state index in [4.69, 9.17) is 4.74 Å². The van der Waals surface area contributed by atoms with Gasteiger partial charge in [0, 0.05) is 11.6 Å². The second kappa shape index (κ2) is 6.58. The minimum Gasteiger partial charge on any atom is -0.461 e. The maximum Gasteiger partial charge on any atom is 0.357 e. The molecule has 6 heteroatoms. The standard InChI is InChI=1S/C17H14N2O3S/c1-2-22-17(21)14-11-13(15-9-6-10-23-15)18-19(14)16(20)12-7-4-3-5-8-12/h3-11H,2H2,1H3. The topological polar surface area (TPSA) is 61.2 Å². The molecule has 0 aliphatic carbocycles. The molecule has 0 atom stereocenters. The van der Waals surface area contributed by atoms with Crippen molar-refractivity contribution in [3.8, 4) is 10.6 Å². The molecular formula is C17H14N2O3S. The molecule has 5 nitrogen and oxygen atoms in total. The monoisotopic (exact) mass is 326 g/mol. The Morgan fingerprint density at radius 1 is 1.17 bits per heavy atom. The predicted octanol–water partition coefficient (Wildman–Crippen LogP) is 3.48. The zero-order valence-corrected chi connectivity index (χ0v) is 13.2. The maximum absolute atomic E-state index is 12.7. The van der Waals surface area contributed by atoms with Crippen LogP contribution in [-0.4, -0.2) is 28.3 Å². The molecule has 0 aliphatic heterocycles. The van der Waals surface area contributed by atoms with Crippen LogP contribution in [0.15, 0.2) is 53.9 Å². The molecule has 3 aromatic rings. The lowest BCUT2D eigenvalue weighted by Gasteiger charge is -2.05. The van der Waals surface area contributed by atoms with Crippen LogP contribution in [0.3, 0.4) is 0 Å². The van der Waals surface area contributed by atoms with Crippen LogP contribution >= 0.6 is 11.3 Å². The van der Waals surface area contributed by atoms with Crippen molar-refractivity contribution in [3.63, 3.8) is 0 Å². The molecule has 116 valence electrons. The Balaban J connectivity index is 2.07. The molecule has 0 N–H and O–H groups in total. The van der Waals surface area contributed by atoms with Crippen LogP contribution in [0.2, 0.25) is 0 Å². The number of ether oxygens (including phenoxy) is 1. The van der Waals surface area contributed by atoms with Crippen molar-refractivity contribution in [3.05, 3.63) is 65.2 Å². The van der Waals surface area contributed by atoms with Crippen molar-refractivity contribution < 1.29 is 14.3 Å². The average Bonchev–Trinajstić information content (AvgIpc) is 3.24. The molecule has 0 aliphatic rings. The van der Waals surface area contributed by atoms with E-state index >= 15 is 0 Å². The van der Waals surface area contributed by atoms with Crippen molar-refractivity contribution in [1.29, 1.82) is 0 Å². The van der Waals surface area contributed by atoms with Gasteiger partial charge < -0.3 is 4.74 Å².